The van der Waals surface area contributed by atoms with Gasteiger partial charge in [-0.15, -0.1) is 0 Å². The fraction of sp³-hybridized carbons (Fsp3) is 1.00. The highest BCUT2D eigenvalue weighted by Gasteiger charge is 2.37. The first-order valence-corrected chi connectivity index (χ1v) is 3.36. The second kappa shape index (κ2) is 2.88. The maximum Gasteiger partial charge on any atom is 0.141 e. The van der Waals surface area contributed by atoms with Gasteiger partial charge in [0.05, 0.1) is 18.8 Å². The fourth-order valence-corrected chi connectivity index (χ4v) is 1.12. The van der Waals surface area contributed by atoms with Crippen molar-refractivity contribution in [2.24, 2.45) is 5.73 Å². The minimum Gasteiger partial charge on any atom is -0.394 e. The van der Waals surface area contributed by atoms with E-state index in [0.717, 1.165) is 0 Å². The van der Waals surface area contributed by atoms with Gasteiger partial charge in [0.1, 0.15) is 14.0 Å². The standard InChI is InChI=1S/C5H12BNO3/c6-5-3(7)4(9)2(1-8)10-5/h2-5,8-9H,1,6-7H2/t2-,3-,4-,5-/m1/s1. The van der Waals surface area contributed by atoms with Crippen LogP contribution in [0.2, 0.25) is 0 Å². The summed E-state index contributed by atoms with van der Waals surface area (Å²) in [4.78, 5) is 0. The second-order valence-electron chi connectivity index (χ2n) is 2.63. The van der Waals surface area contributed by atoms with Gasteiger partial charge in [-0.25, -0.2) is 0 Å². The average Bonchev–Trinajstić information content (AvgIpc) is 2.17. The Kier molecular flexibility index (Phi) is 2.30. The molecule has 0 bridgehead atoms. The molecule has 1 heterocycles. The van der Waals surface area contributed by atoms with E-state index in [1.165, 1.54) is 0 Å². The van der Waals surface area contributed by atoms with Crippen molar-refractivity contribution < 1.29 is 14.9 Å². The number of ether oxygens (including phenoxy) is 1. The highest BCUT2D eigenvalue weighted by atomic mass is 16.5. The molecular weight excluding hydrogens is 133 g/mol. The van der Waals surface area contributed by atoms with Crippen LogP contribution in [-0.4, -0.2) is 48.9 Å². The predicted molar refractivity (Wildman–Crippen MR) is 38.3 cm³/mol. The predicted octanol–water partition coefficient (Wildman–Crippen LogP) is -2.98. The normalized spacial score (nSPS) is 47.9. The Balaban J connectivity index is 2.53. The number of hydrogen-bond donors (Lipinski definition) is 3. The van der Waals surface area contributed by atoms with Crippen molar-refractivity contribution in [3.63, 3.8) is 0 Å². The van der Waals surface area contributed by atoms with Crippen LogP contribution in [0.3, 0.4) is 0 Å². The summed E-state index contributed by atoms with van der Waals surface area (Å²) in [5.41, 5.74) is 5.50. The molecular formula is C5H12BNO3. The second-order valence-corrected chi connectivity index (χ2v) is 2.63. The molecule has 5 heteroatoms. The molecule has 1 rings (SSSR count). The molecule has 1 saturated heterocycles. The molecule has 4 nitrogen and oxygen atoms in total. The van der Waals surface area contributed by atoms with Gasteiger partial charge in [0.15, 0.2) is 0 Å². The zero-order valence-electron chi connectivity index (χ0n) is 5.90. The van der Waals surface area contributed by atoms with E-state index >= 15 is 0 Å². The molecule has 0 unspecified atom stereocenters. The van der Waals surface area contributed by atoms with Crippen molar-refractivity contribution in [1.29, 1.82) is 0 Å². The summed E-state index contributed by atoms with van der Waals surface area (Å²) >= 11 is 0. The van der Waals surface area contributed by atoms with E-state index in [1.807, 2.05) is 0 Å². The van der Waals surface area contributed by atoms with Gasteiger partial charge in [-0.1, -0.05) is 0 Å². The third-order valence-electron chi connectivity index (χ3n) is 1.89. The zero-order valence-corrected chi connectivity index (χ0v) is 5.90. The Morgan fingerprint density at radius 2 is 2.20 bits per heavy atom. The summed E-state index contributed by atoms with van der Waals surface area (Å²) in [5, 5.41) is 17.8. The summed E-state index contributed by atoms with van der Waals surface area (Å²) in [6.45, 7) is -0.167. The number of rotatable bonds is 1. The van der Waals surface area contributed by atoms with Crippen molar-refractivity contribution >= 4 is 7.85 Å². The number of hydrogen-bond acceptors (Lipinski definition) is 4. The molecule has 0 aromatic heterocycles. The minimum absolute atomic E-state index is 0.160. The van der Waals surface area contributed by atoms with Crippen LogP contribution >= 0.6 is 0 Å². The molecule has 4 atom stereocenters. The first-order chi connectivity index (χ1) is 4.66. The first-order valence-electron chi connectivity index (χ1n) is 3.36. The van der Waals surface area contributed by atoms with Crippen LogP contribution in [0.25, 0.3) is 0 Å². The van der Waals surface area contributed by atoms with Gasteiger partial charge in [0.25, 0.3) is 0 Å². The summed E-state index contributed by atoms with van der Waals surface area (Å²) < 4.78 is 5.11. The van der Waals surface area contributed by atoms with Crippen molar-refractivity contribution in [1.82, 2.24) is 0 Å². The monoisotopic (exact) mass is 145 g/mol. The lowest BCUT2D eigenvalue weighted by Crippen LogP contribution is -2.41. The number of aliphatic hydroxyl groups excluding tert-OH is 2. The molecule has 0 spiro atoms. The summed E-state index contributed by atoms with van der Waals surface area (Å²) in [7, 11) is 1.78. The van der Waals surface area contributed by atoms with E-state index in [4.69, 9.17) is 15.6 Å². The van der Waals surface area contributed by atoms with E-state index in [2.05, 4.69) is 0 Å². The van der Waals surface area contributed by atoms with Crippen molar-refractivity contribution in [3.05, 3.63) is 0 Å². The van der Waals surface area contributed by atoms with E-state index in [0.29, 0.717) is 0 Å². The molecule has 10 heavy (non-hydrogen) atoms. The van der Waals surface area contributed by atoms with Crippen LogP contribution in [0.15, 0.2) is 0 Å². The Morgan fingerprint density at radius 3 is 2.40 bits per heavy atom. The Morgan fingerprint density at radius 1 is 1.60 bits per heavy atom. The molecule has 0 aromatic carbocycles. The third-order valence-corrected chi connectivity index (χ3v) is 1.89. The van der Waals surface area contributed by atoms with Gasteiger partial charge in [-0.05, 0) is 0 Å². The van der Waals surface area contributed by atoms with Crippen LogP contribution in [0.5, 0.6) is 0 Å². The SMILES string of the molecule is B[C@@H]1O[C@H](CO)[C@@H](O)[C@H]1N. The van der Waals surface area contributed by atoms with Crippen LogP contribution < -0.4 is 5.73 Å². The van der Waals surface area contributed by atoms with Crippen LogP contribution in [0, 0.1) is 0 Å². The van der Waals surface area contributed by atoms with Gasteiger partial charge in [0, 0.05) is 6.00 Å². The maximum absolute atomic E-state index is 9.22. The first kappa shape index (κ1) is 8.01. The summed E-state index contributed by atoms with van der Waals surface area (Å²) in [6.07, 6.45) is -1.22. The summed E-state index contributed by atoms with van der Waals surface area (Å²) in [5.74, 6) is 0. The van der Waals surface area contributed by atoms with E-state index in [-0.39, 0.29) is 18.7 Å². The molecule has 1 aliphatic rings. The van der Waals surface area contributed by atoms with Gasteiger partial charge in [0.2, 0.25) is 0 Å². The highest BCUT2D eigenvalue weighted by Crippen LogP contribution is 2.16. The lowest BCUT2D eigenvalue weighted by molar-refractivity contribution is -0.00436. The number of nitrogens with two attached hydrogens (primary N) is 1. The minimum atomic E-state index is -0.722. The molecule has 58 valence electrons. The molecule has 0 amide bonds. The van der Waals surface area contributed by atoms with Crippen LogP contribution in [-0.2, 0) is 4.74 Å². The van der Waals surface area contributed by atoms with E-state index in [1.54, 1.807) is 7.85 Å². The Bertz CT molecular complexity index is 123. The Hall–Kier alpha value is -0.0951. The molecule has 0 aromatic rings. The number of aliphatic hydroxyl groups is 2. The molecule has 0 aliphatic carbocycles. The lowest BCUT2D eigenvalue weighted by atomic mass is 9.91. The third kappa shape index (κ3) is 1.18. The molecule has 0 radical (unpaired) electrons. The lowest BCUT2D eigenvalue weighted by Gasteiger charge is -2.11. The molecule has 4 N–H and O–H groups in total. The molecule has 0 saturated carbocycles. The van der Waals surface area contributed by atoms with E-state index in [9.17, 15) is 5.11 Å². The van der Waals surface area contributed by atoms with Crippen LogP contribution in [0.1, 0.15) is 0 Å². The highest BCUT2D eigenvalue weighted by molar-refractivity contribution is 6.11. The van der Waals surface area contributed by atoms with Crippen molar-refractivity contribution in [2.75, 3.05) is 6.61 Å². The van der Waals surface area contributed by atoms with Gasteiger partial charge in [-0.3, -0.25) is 0 Å². The largest absolute Gasteiger partial charge is 0.394 e. The summed E-state index contributed by atoms with van der Waals surface area (Å²) in [6, 6.07) is -0.524. The topological polar surface area (TPSA) is 75.7 Å². The average molecular weight is 145 g/mol. The smallest absolute Gasteiger partial charge is 0.141 e. The van der Waals surface area contributed by atoms with Crippen molar-refractivity contribution in [2.45, 2.75) is 24.3 Å². The van der Waals surface area contributed by atoms with Gasteiger partial charge >= 0.3 is 0 Å². The van der Waals surface area contributed by atoms with Gasteiger partial charge < -0.3 is 20.7 Å². The van der Waals surface area contributed by atoms with E-state index < -0.39 is 12.2 Å². The maximum atomic E-state index is 9.22. The van der Waals surface area contributed by atoms with Crippen LogP contribution in [0.4, 0.5) is 0 Å². The zero-order chi connectivity index (χ0) is 7.72. The quantitative estimate of drug-likeness (QED) is 0.344. The molecule has 1 aliphatic heterocycles. The van der Waals surface area contributed by atoms with Gasteiger partial charge in [-0.2, -0.15) is 0 Å². The fourth-order valence-electron chi connectivity index (χ4n) is 1.12. The Labute approximate surface area is 60.4 Å². The molecule has 1 fully saturated rings. The van der Waals surface area contributed by atoms with Crippen molar-refractivity contribution in [3.8, 4) is 0 Å².